The van der Waals surface area contributed by atoms with Crippen LogP contribution < -0.4 is 0 Å². The van der Waals surface area contributed by atoms with Crippen LogP contribution in [0.3, 0.4) is 0 Å². The van der Waals surface area contributed by atoms with Crippen LogP contribution >= 0.6 is 0 Å². The highest BCUT2D eigenvalue weighted by atomic mass is 16.5. The van der Waals surface area contributed by atoms with Crippen LogP contribution in [-0.2, 0) is 9.53 Å². The minimum absolute atomic E-state index is 0.262. The molecule has 3 heteroatoms. The summed E-state index contributed by atoms with van der Waals surface area (Å²) in [4.78, 5) is 14.6. The molecule has 0 amide bonds. The van der Waals surface area contributed by atoms with Gasteiger partial charge in [0.2, 0.25) is 0 Å². The third kappa shape index (κ3) is 5.30. The number of esters is 1. The first-order valence-corrected chi connectivity index (χ1v) is 8.91. The Kier molecular flexibility index (Phi) is 7.42. The zero-order valence-electron chi connectivity index (χ0n) is 15.4. The van der Waals surface area contributed by atoms with Crippen LogP contribution in [0.25, 0.3) is 16.7 Å². The maximum atomic E-state index is 12.4. The Bertz CT molecular complexity index is 686. The molecule has 0 heterocycles. The molecule has 0 fully saturated rings. The minimum atomic E-state index is -0.262. The van der Waals surface area contributed by atoms with Crippen LogP contribution in [0, 0.1) is 0 Å². The largest absolute Gasteiger partial charge is 0.461 e. The van der Waals surface area contributed by atoms with Gasteiger partial charge >= 0.3 is 5.97 Å². The minimum Gasteiger partial charge on any atom is -0.461 e. The molecular weight excluding hydrogens is 310 g/mol. The molecule has 2 aromatic rings. The van der Waals surface area contributed by atoms with E-state index in [1.807, 2.05) is 55.5 Å². The third-order valence-corrected chi connectivity index (χ3v) is 4.35. The summed E-state index contributed by atoms with van der Waals surface area (Å²) in [6.07, 6.45) is 1.82. The number of nitrogens with zero attached hydrogens (tertiary/aromatic N) is 1. The van der Waals surface area contributed by atoms with Gasteiger partial charge in [-0.15, -0.1) is 0 Å². The van der Waals surface area contributed by atoms with Crippen molar-refractivity contribution in [1.82, 2.24) is 4.90 Å². The second-order valence-corrected chi connectivity index (χ2v) is 5.81. The molecule has 0 saturated heterocycles. The van der Waals surface area contributed by atoms with Gasteiger partial charge in [-0.05, 0) is 36.7 Å². The van der Waals surface area contributed by atoms with E-state index in [1.54, 1.807) is 0 Å². The van der Waals surface area contributed by atoms with E-state index in [4.69, 9.17) is 4.74 Å². The Hall–Kier alpha value is -2.39. The Morgan fingerprint density at radius 3 is 2.12 bits per heavy atom. The van der Waals surface area contributed by atoms with Gasteiger partial charge in [-0.2, -0.15) is 0 Å². The molecule has 0 atom stereocenters. The molecule has 0 aliphatic rings. The topological polar surface area (TPSA) is 29.5 Å². The molecule has 0 aliphatic carbocycles. The van der Waals surface area contributed by atoms with Crippen LogP contribution in [0.4, 0.5) is 0 Å². The summed E-state index contributed by atoms with van der Waals surface area (Å²) in [5.41, 5.74) is 3.79. The highest BCUT2D eigenvalue weighted by molar-refractivity contribution is 6.16. The molecule has 0 saturated carbocycles. The van der Waals surface area contributed by atoms with E-state index in [0.29, 0.717) is 12.2 Å². The van der Waals surface area contributed by atoms with E-state index >= 15 is 0 Å². The summed E-state index contributed by atoms with van der Waals surface area (Å²) in [5.74, 6) is -0.262. The maximum Gasteiger partial charge on any atom is 0.338 e. The molecule has 0 unspecified atom stereocenters. The first-order chi connectivity index (χ1) is 12.2. The van der Waals surface area contributed by atoms with Gasteiger partial charge in [-0.1, -0.05) is 74.5 Å². The lowest BCUT2D eigenvalue weighted by molar-refractivity contribution is -0.137. The van der Waals surface area contributed by atoms with E-state index in [0.717, 1.165) is 36.3 Å². The lowest BCUT2D eigenvalue weighted by Gasteiger charge is -2.18. The lowest BCUT2D eigenvalue weighted by Crippen LogP contribution is -2.28. The van der Waals surface area contributed by atoms with Gasteiger partial charge < -0.3 is 9.64 Å². The van der Waals surface area contributed by atoms with Crippen molar-refractivity contribution in [2.75, 3.05) is 26.2 Å². The van der Waals surface area contributed by atoms with Crippen molar-refractivity contribution in [3.63, 3.8) is 0 Å². The zero-order valence-corrected chi connectivity index (χ0v) is 15.4. The van der Waals surface area contributed by atoms with Gasteiger partial charge in [0.25, 0.3) is 0 Å². The Morgan fingerprint density at radius 1 is 0.960 bits per heavy atom. The summed E-state index contributed by atoms with van der Waals surface area (Å²) in [5, 5.41) is 0. The molecule has 0 spiro atoms. The maximum absolute atomic E-state index is 12.4. The second-order valence-electron chi connectivity index (χ2n) is 5.81. The molecule has 25 heavy (non-hydrogen) atoms. The van der Waals surface area contributed by atoms with Crippen molar-refractivity contribution in [1.29, 1.82) is 0 Å². The lowest BCUT2D eigenvalue weighted by atomic mass is 10.0. The molecule has 0 radical (unpaired) electrons. The average molecular weight is 337 g/mol. The van der Waals surface area contributed by atoms with Gasteiger partial charge in [0, 0.05) is 6.54 Å². The summed E-state index contributed by atoms with van der Waals surface area (Å²) < 4.78 is 5.45. The van der Waals surface area contributed by atoms with Gasteiger partial charge in [-0.25, -0.2) is 4.79 Å². The van der Waals surface area contributed by atoms with E-state index < -0.39 is 0 Å². The van der Waals surface area contributed by atoms with E-state index in [-0.39, 0.29) is 5.97 Å². The number of ether oxygens (including phenoxy) is 1. The third-order valence-electron chi connectivity index (χ3n) is 4.35. The average Bonchev–Trinajstić information content (AvgIpc) is 2.67. The van der Waals surface area contributed by atoms with Crippen molar-refractivity contribution in [2.24, 2.45) is 0 Å². The number of rotatable bonds is 8. The molecule has 2 rings (SSSR count). The van der Waals surface area contributed by atoms with Gasteiger partial charge in [0.15, 0.2) is 0 Å². The fourth-order valence-corrected chi connectivity index (χ4v) is 2.76. The number of allylic oxidation sites excluding steroid dienone is 1. The van der Waals surface area contributed by atoms with Crippen molar-refractivity contribution >= 4 is 11.5 Å². The molecule has 0 bridgehead atoms. The fourth-order valence-electron chi connectivity index (χ4n) is 2.76. The molecule has 0 aliphatic heterocycles. The van der Waals surface area contributed by atoms with Crippen molar-refractivity contribution in [2.45, 2.75) is 20.8 Å². The predicted octanol–water partition coefficient (Wildman–Crippen LogP) is 4.64. The number of carbonyl (C=O) groups is 1. The first kappa shape index (κ1) is 18.9. The van der Waals surface area contributed by atoms with E-state index in [9.17, 15) is 4.79 Å². The quantitative estimate of drug-likeness (QED) is 0.519. The van der Waals surface area contributed by atoms with E-state index in [2.05, 4.69) is 30.9 Å². The van der Waals surface area contributed by atoms with Crippen LogP contribution in [0.1, 0.15) is 26.3 Å². The molecule has 132 valence electrons. The fraction of sp³-hybridized carbons (Fsp3) is 0.318. The zero-order chi connectivity index (χ0) is 18.1. The first-order valence-electron chi connectivity index (χ1n) is 8.91. The van der Waals surface area contributed by atoms with Crippen molar-refractivity contribution in [3.8, 4) is 11.1 Å². The van der Waals surface area contributed by atoms with Crippen molar-refractivity contribution < 1.29 is 9.53 Å². The highest BCUT2D eigenvalue weighted by Crippen LogP contribution is 2.23. The Labute approximate surface area is 150 Å². The number of hydrogen-bond acceptors (Lipinski definition) is 3. The van der Waals surface area contributed by atoms with Crippen molar-refractivity contribution in [3.05, 3.63) is 66.2 Å². The summed E-state index contributed by atoms with van der Waals surface area (Å²) in [6, 6.07) is 18.2. The number of hydrogen-bond donors (Lipinski definition) is 0. The molecule has 0 N–H and O–H groups in total. The molecular formula is C22H27NO2. The highest BCUT2D eigenvalue weighted by Gasteiger charge is 2.13. The van der Waals surface area contributed by atoms with Crippen LogP contribution in [0.5, 0.6) is 0 Å². The Morgan fingerprint density at radius 2 is 1.56 bits per heavy atom. The van der Waals surface area contributed by atoms with E-state index in [1.165, 1.54) is 0 Å². The Balaban J connectivity index is 2.01. The summed E-state index contributed by atoms with van der Waals surface area (Å²) >= 11 is 0. The second kappa shape index (κ2) is 9.80. The number of benzene rings is 2. The SMILES string of the molecule is C/C=C(/C(=O)OCCN(CC)CC)c1ccc(-c2ccccc2)cc1. The monoisotopic (exact) mass is 337 g/mol. The summed E-state index contributed by atoms with van der Waals surface area (Å²) in [7, 11) is 0. The van der Waals surface area contributed by atoms with Crippen LogP contribution in [0.2, 0.25) is 0 Å². The molecule has 2 aromatic carbocycles. The molecule has 3 nitrogen and oxygen atoms in total. The normalized spacial score (nSPS) is 11.6. The number of carbonyl (C=O) groups excluding carboxylic acids is 1. The van der Waals surface area contributed by atoms with Gasteiger partial charge in [-0.3, -0.25) is 0 Å². The van der Waals surface area contributed by atoms with Gasteiger partial charge in [0.1, 0.15) is 6.61 Å². The molecule has 0 aromatic heterocycles. The predicted molar refractivity (Wildman–Crippen MR) is 104 cm³/mol. The van der Waals surface area contributed by atoms with Crippen LogP contribution in [0.15, 0.2) is 60.7 Å². The van der Waals surface area contributed by atoms with Crippen LogP contribution in [-0.4, -0.2) is 37.1 Å². The standard InChI is InChI=1S/C22H27NO2/c1-4-21(22(24)25-17-16-23(5-2)6-3)20-14-12-19(13-15-20)18-10-8-7-9-11-18/h4,7-15H,5-6,16-17H2,1-3H3/b21-4+. The number of likely N-dealkylation sites (N-methyl/N-ethyl adjacent to an activating group) is 1. The smallest absolute Gasteiger partial charge is 0.338 e. The summed E-state index contributed by atoms with van der Waals surface area (Å²) in [6.45, 7) is 9.19. The van der Waals surface area contributed by atoms with Gasteiger partial charge in [0.05, 0.1) is 5.57 Å².